The lowest BCUT2D eigenvalue weighted by molar-refractivity contribution is 0.175. The van der Waals surface area contributed by atoms with Crippen LogP contribution in [-0.4, -0.2) is 29.2 Å². The van der Waals surface area contributed by atoms with Gasteiger partial charge in [0.25, 0.3) is 0 Å². The molecule has 1 fully saturated rings. The number of likely N-dealkylation sites (tertiary alicyclic amines) is 1. The third kappa shape index (κ3) is 2.85. The van der Waals surface area contributed by atoms with Crippen LogP contribution < -0.4 is 0 Å². The predicted octanol–water partition coefficient (Wildman–Crippen LogP) is 2.56. The minimum atomic E-state index is -0.184. The van der Waals surface area contributed by atoms with Crippen molar-refractivity contribution in [2.75, 3.05) is 13.1 Å². The second-order valence-electron chi connectivity index (χ2n) is 3.91. The van der Waals surface area contributed by atoms with E-state index in [1.54, 1.807) is 6.07 Å². The van der Waals surface area contributed by atoms with E-state index in [-0.39, 0.29) is 6.10 Å². The van der Waals surface area contributed by atoms with Crippen molar-refractivity contribution in [3.05, 3.63) is 33.8 Å². The van der Waals surface area contributed by atoms with E-state index in [4.69, 9.17) is 23.2 Å². The molecule has 0 bridgehead atoms. The van der Waals surface area contributed by atoms with Crippen molar-refractivity contribution in [1.29, 1.82) is 0 Å². The van der Waals surface area contributed by atoms with Crippen LogP contribution in [0.3, 0.4) is 0 Å². The third-order valence-corrected chi connectivity index (χ3v) is 3.24. The highest BCUT2D eigenvalue weighted by Gasteiger charge is 2.20. The highest BCUT2D eigenvalue weighted by atomic mass is 35.5. The molecule has 0 amide bonds. The Labute approximate surface area is 99.4 Å². The lowest BCUT2D eigenvalue weighted by atomic mass is 10.2. The number of nitrogens with zero attached hydrogens (tertiary/aromatic N) is 1. The summed E-state index contributed by atoms with van der Waals surface area (Å²) in [5.74, 6) is 0. The number of aliphatic hydroxyl groups excluding tert-OH is 1. The first-order valence-corrected chi connectivity index (χ1v) is 5.75. The van der Waals surface area contributed by atoms with Crippen LogP contribution in [0, 0.1) is 0 Å². The van der Waals surface area contributed by atoms with Crippen LogP contribution in [0.4, 0.5) is 0 Å². The van der Waals surface area contributed by atoms with Gasteiger partial charge in [-0.2, -0.15) is 0 Å². The molecule has 1 aliphatic rings. The lowest BCUT2D eigenvalue weighted by Gasteiger charge is -2.15. The first kappa shape index (κ1) is 11.2. The van der Waals surface area contributed by atoms with Crippen LogP contribution in [0.1, 0.15) is 12.0 Å². The standard InChI is InChI=1S/C11H13Cl2NO/c12-9-2-1-8(11(13)5-9)6-14-4-3-10(15)7-14/h1-2,5,10,15H,3-4,6-7H2. The smallest absolute Gasteiger partial charge is 0.0679 e. The molecule has 0 aromatic heterocycles. The molecule has 0 aliphatic carbocycles. The fourth-order valence-electron chi connectivity index (χ4n) is 1.85. The molecule has 0 radical (unpaired) electrons. The molecular formula is C11H13Cl2NO. The zero-order valence-electron chi connectivity index (χ0n) is 8.29. The average molecular weight is 246 g/mol. The Bertz CT molecular complexity index is 356. The van der Waals surface area contributed by atoms with E-state index in [0.29, 0.717) is 10.0 Å². The Hall–Kier alpha value is -0.280. The molecule has 1 saturated heterocycles. The van der Waals surface area contributed by atoms with Crippen LogP contribution in [-0.2, 0) is 6.54 Å². The van der Waals surface area contributed by atoms with Gasteiger partial charge in [0.05, 0.1) is 6.10 Å². The second kappa shape index (κ2) is 4.71. The van der Waals surface area contributed by atoms with Gasteiger partial charge in [0, 0.05) is 29.7 Å². The van der Waals surface area contributed by atoms with Gasteiger partial charge in [-0.1, -0.05) is 29.3 Å². The van der Waals surface area contributed by atoms with Crippen molar-refractivity contribution in [2.24, 2.45) is 0 Å². The summed E-state index contributed by atoms with van der Waals surface area (Å²) >= 11 is 11.9. The maximum absolute atomic E-state index is 9.40. The molecule has 1 aromatic rings. The summed E-state index contributed by atoms with van der Waals surface area (Å²) in [4.78, 5) is 2.19. The summed E-state index contributed by atoms with van der Waals surface area (Å²) in [5, 5.41) is 10.8. The summed E-state index contributed by atoms with van der Waals surface area (Å²) in [6, 6.07) is 5.54. The van der Waals surface area contributed by atoms with Crippen LogP contribution >= 0.6 is 23.2 Å². The van der Waals surface area contributed by atoms with Gasteiger partial charge < -0.3 is 5.11 Å². The summed E-state index contributed by atoms with van der Waals surface area (Å²) in [7, 11) is 0. The minimum Gasteiger partial charge on any atom is -0.392 e. The summed E-state index contributed by atoms with van der Waals surface area (Å²) < 4.78 is 0. The van der Waals surface area contributed by atoms with Crippen molar-refractivity contribution < 1.29 is 5.11 Å². The molecule has 0 saturated carbocycles. The monoisotopic (exact) mass is 245 g/mol. The van der Waals surface area contributed by atoms with Gasteiger partial charge in [-0.05, 0) is 24.1 Å². The topological polar surface area (TPSA) is 23.5 Å². The second-order valence-corrected chi connectivity index (χ2v) is 4.76. The average Bonchev–Trinajstić information content (AvgIpc) is 2.56. The van der Waals surface area contributed by atoms with Crippen LogP contribution in [0.15, 0.2) is 18.2 Å². The quantitative estimate of drug-likeness (QED) is 0.866. The summed E-state index contributed by atoms with van der Waals surface area (Å²) in [6.45, 7) is 2.45. The third-order valence-electron chi connectivity index (χ3n) is 2.66. The molecule has 4 heteroatoms. The molecular weight excluding hydrogens is 233 g/mol. The first-order chi connectivity index (χ1) is 7.15. The molecule has 1 aliphatic heterocycles. The molecule has 1 heterocycles. The van der Waals surface area contributed by atoms with E-state index in [2.05, 4.69) is 4.90 Å². The fourth-order valence-corrected chi connectivity index (χ4v) is 2.31. The van der Waals surface area contributed by atoms with Gasteiger partial charge in [0.15, 0.2) is 0 Å². The highest BCUT2D eigenvalue weighted by Crippen LogP contribution is 2.23. The number of aliphatic hydroxyl groups is 1. The van der Waals surface area contributed by atoms with Crippen molar-refractivity contribution in [3.63, 3.8) is 0 Å². The number of β-amino-alcohol motifs (C(OH)–C–C–N with tert-alkyl or cyclic N) is 1. The minimum absolute atomic E-state index is 0.184. The molecule has 2 rings (SSSR count). The van der Waals surface area contributed by atoms with Crippen molar-refractivity contribution >= 4 is 23.2 Å². The Balaban J connectivity index is 2.04. The number of hydrogen-bond acceptors (Lipinski definition) is 2. The SMILES string of the molecule is OC1CCN(Cc2ccc(Cl)cc2Cl)C1. The van der Waals surface area contributed by atoms with Crippen LogP contribution in [0.5, 0.6) is 0 Å². The highest BCUT2D eigenvalue weighted by molar-refractivity contribution is 6.35. The van der Waals surface area contributed by atoms with Crippen molar-refractivity contribution in [3.8, 4) is 0 Å². The van der Waals surface area contributed by atoms with Crippen LogP contribution in [0.2, 0.25) is 10.0 Å². The molecule has 1 aromatic carbocycles. The fraction of sp³-hybridized carbons (Fsp3) is 0.455. The Kier molecular flexibility index (Phi) is 3.52. The summed E-state index contributed by atoms with van der Waals surface area (Å²) in [5.41, 5.74) is 1.06. The lowest BCUT2D eigenvalue weighted by Crippen LogP contribution is -2.21. The van der Waals surface area contributed by atoms with E-state index >= 15 is 0 Å². The van der Waals surface area contributed by atoms with Crippen molar-refractivity contribution in [2.45, 2.75) is 19.1 Å². The van der Waals surface area contributed by atoms with E-state index in [0.717, 1.165) is 31.6 Å². The van der Waals surface area contributed by atoms with E-state index in [1.807, 2.05) is 12.1 Å². The van der Waals surface area contributed by atoms with Gasteiger partial charge in [-0.25, -0.2) is 0 Å². The molecule has 1 unspecified atom stereocenters. The molecule has 1 N–H and O–H groups in total. The zero-order chi connectivity index (χ0) is 10.8. The van der Waals surface area contributed by atoms with E-state index in [9.17, 15) is 5.11 Å². The maximum atomic E-state index is 9.40. The number of hydrogen-bond donors (Lipinski definition) is 1. The number of halogens is 2. The van der Waals surface area contributed by atoms with Gasteiger partial charge in [-0.3, -0.25) is 4.90 Å². The molecule has 15 heavy (non-hydrogen) atoms. The zero-order valence-corrected chi connectivity index (χ0v) is 9.80. The largest absolute Gasteiger partial charge is 0.392 e. The Morgan fingerprint density at radius 1 is 1.40 bits per heavy atom. The summed E-state index contributed by atoms with van der Waals surface area (Å²) in [6.07, 6.45) is 0.668. The predicted molar refractivity (Wildman–Crippen MR) is 62.4 cm³/mol. The van der Waals surface area contributed by atoms with E-state index < -0.39 is 0 Å². The number of rotatable bonds is 2. The van der Waals surface area contributed by atoms with Crippen LogP contribution in [0.25, 0.3) is 0 Å². The van der Waals surface area contributed by atoms with Gasteiger partial charge >= 0.3 is 0 Å². The first-order valence-electron chi connectivity index (χ1n) is 4.99. The molecule has 2 nitrogen and oxygen atoms in total. The van der Waals surface area contributed by atoms with Gasteiger partial charge in [0.2, 0.25) is 0 Å². The Morgan fingerprint density at radius 3 is 2.80 bits per heavy atom. The molecule has 1 atom stereocenters. The van der Waals surface area contributed by atoms with E-state index in [1.165, 1.54) is 0 Å². The Morgan fingerprint density at radius 2 is 2.20 bits per heavy atom. The number of benzene rings is 1. The molecule has 0 spiro atoms. The normalized spacial score (nSPS) is 22.2. The van der Waals surface area contributed by atoms with Gasteiger partial charge in [-0.15, -0.1) is 0 Å². The van der Waals surface area contributed by atoms with Crippen molar-refractivity contribution in [1.82, 2.24) is 4.90 Å². The van der Waals surface area contributed by atoms with Gasteiger partial charge in [0.1, 0.15) is 0 Å². The molecule has 82 valence electrons. The maximum Gasteiger partial charge on any atom is 0.0679 e.